The van der Waals surface area contributed by atoms with Crippen LogP contribution in [0.2, 0.25) is 0 Å². The maximum absolute atomic E-state index is 10.1. The molecule has 0 bridgehead atoms. The summed E-state index contributed by atoms with van der Waals surface area (Å²) in [4.78, 5) is 4.30. The molecule has 0 radical (unpaired) electrons. The summed E-state index contributed by atoms with van der Waals surface area (Å²) in [5, 5.41) is 10.1. The number of aliphatic hydroxyl groups excluding tert-OH is 1. The Hall–Kier alpha value is -0.890. The van der Waals surface area contributed by atoms with Crippen LogP contribution in [0.5, 0.6) is 0 Å². The van der Waals surface area contributed by atoms with Gasteiger partial charge in [0.2, 0.25) is 0 Å². The van der Waals surface area contributed by atoms with Crippen LogP contribution < -0.4 is 0 Å². The molecule has 0 saturated carbocycles. The van der Waals surface area contributed by atoms with Gasteiger partial charge in [-0.05, 0) is 30.9 Å². The Labute approximate surface area is 105 Å². The monoisotopic (exact) mass is 235 g/mol. The van der Waals surface area contributed by atoms with Gasteiger partial charge < -0.3 is 5.11 Å². The molecule has 0 fully saturated rings. The molecule has 1 heterocycles. The van der Waals surface area contributed by atoms with Crippen molar-refractivity contribution >= 4 is 0 Å². The molecule has 2 unspecified atom stereocenters. The fourth-order valence-electron chi connectivity index (χ4n) is 2.09. The zero-order valence-corrected chi connectivity index (χ0v) is 11.3. The van der Waals surface area contributed by atoms with Crippen molar-refractivity contribution < 1.29 is 5.11 Å². The highest BCUT2D eigenvalue weighted by atomic mass is 16.3. The number of aryl methyl sites for hydroxylation is 1. The molecule has 0 amide bonds. The van der Waals surface area contributed by atoms with Crippen LogP contribution in [0.1, 0.15) is 63.3 Å². The molecule has 0 spiro atoms. The molecule has 0 aliphatic carbocycles. The van der Waals surface area contributed by atoms with E-state index in [0.29, 0.717) is 5.92 Å². The maximum Gasteiger partial charge on any atom is 0.0962 e. The molecule has 1 rings (SSSR count). The minimum atomic E-state index is -0.405. The minimum absolute atomic E-state index is 0.405. The lowest BCUT2D eigenvalue weighted by atomic mass is 9.92. The predicted octanol–water partition coefficient (Wildman–Crippen LogP) is 4.03. The van der Waals surface area contributed by atoms with Crippen LogP contribution in [0, 0.1) is 12.8 Å². The summed E-state index contributed by atoms with van der Waals surface area (Å²) in [5.74, 6) is 0.619. The van der Waals surface area contributed by atoms with Crippen LogP contribution in [-0.4, -0.2) is 10.1 Å². The quantitative estimate of drug-likeness (QED) is 0.774. The van der Waals surface area contributed by atoms with E-state index in [1.165, 1.54) is 19.3 Å². The SMILES string of the molecule is CCCCC(CC)CC(O)c1ccc(C)cn1. The minimum Gasteiger partial charge on any atom is -0.387 e. The number of hydrogen-bond donors (Lipinski definition) is 1. The van der Waals surface area contributed by atoms with E-state index in [1.807, 2.05) is 25.3 Å². The Morgan fingerprint density at radius 3 is 2.59 bits per heavy atom. The van der Waals surface area contributed by atoms with Crippen LogP contribution in [-0.2, 0) is 0 Å². The van der Waals surface area contributed by atoms with Crippen molar-refractivity contribution in [3.63, 3.8) is 0 Å². The van der Waals surface area contributed by atoms with E-state index in [2.05, 4.69) is 18.8 Å². The molecule has 17 heavy (non-hydrogen) atoms. The Bertz CT molecular complexity index is 307. The van der Waals surface area contributed by atoms with Crippen molar-refractivity contribution in [3.8, 4) is 0 Å². The highest BCUT2D eigenvalue weighted by Gasteiger charge is 2.15. The van der Waals surface area contributed by atoms with E-state index < -0.39 is 6.10 Å². The topological polar surface area (TPSA) is 33.1 Å². The number of aromatic nitrogens is 1. The first kappa shape index (κ1) is 14.2. The van der Waals surface area contributed by atoms with Crippen molar-refractivity contribution in [2.24, 2.45) is 5.92 Å². The van der Waals surface area contributed by atoms with Crippen LogP contribution in [0.3, 0.4) is 0 Å². The zero-order chi connectivity index (χ0) is 12.7. The molecule has 1 aromatic rings. The second-order valence-corrected chi connectivity index (χ2v) is 4.93. The highest BCUT2D eigenvalue weighted by Crippen LogP contribution is 2.25. The van der Waals surface area contributed by atoms with Gasteiger partial charge in [0, 0.05) is 6.20 Å². The molecule has 0 aromatic carbocycles. The number of nitrogens with zero attached hydrogens (tertiary/aromatic N) is 1. The Kier molecular flexibility index (Phi) is 6.20. The van der Waals surface area contributed by atoms with E-state index in [1.54, 1.807) is 0 Å². The van der Waals surface area contributed by atoms with E-state index in [9.17, 15) is 5.11 Å². The predicted molar refractivity (Wildman–Crippen MR) is 71.9 cm³/mol. The van der Waals surface area contributed by atoms with Gasteiger partial charge in [-0.25, -0.2) is 0 Å². The fraction of sp³-hybridized carbons (Fsp3) is 0.667. The summed E-state index contributed by atoms with van der Waals surface area (Å²) in [6.45, 7) is 6.43. The second kappa shape index (κ2) is 7.44. The van der Waals surface area contributed by atoms with Crippen molar-refractivity contribution in [2.75, 3.05) is 0 Å². The molecule has 0 aliphatic rings. The summed E-state index contributed by atoms with van der Waals surface area (Å²) >= 11 is 0. The number of hydrogen-bond acceptors (Lipinski definition) is 2. The third-order valence-corrected chi connectivity index (χ3v) is 3.38. The average Bonchev–Trinajstić information content (AvgIpc) is 2.35. The van der Waals surface area contributed by atoms with Crippen molar-refractivity contribution in [3.05, 3.63) is 29.6 Å². The smallest absolute Gasteiger partial charge is 0.0962 e. The lowest BCUT2D eigenvalue weighted by molar-refractivity contribution is 0.135. The van der Waals surface area contributed by atoms with Gasteiger partial charge in [-0.3, -0.25) is 4.98 Å². The Morgan fingerprint density at radius 2 is 2.06 bits per heavy atom. The molecule has 2 atom stereocenters. The van der Waals surface area contributed by atoms with Crippen molar-refractivity contribution in [1.29, 1.82) is 0 Å². The van der Waals surface area contributed by atoms with Crippen molar-refractivity contribution in [1.82, 2.24) is 4.98 Å². The first-order valence-electron chi connectivity index (χ1n) is 6.78. The lowest BCUT2D eigenvalue weighted by Gasteiger charge is -2.18. The van der Waals surface area contributed by atoms with Crippen LogP contribution in [0.15, 0.2) is 18.3 Å². The van der Waals surface area contributed by atoms with Gasteiger partial charge in [0.1, 0.15) is 0 Å². The van der Waals surface area contributed by atoms with Crippen molar-refractivity contribution in [2.45, 2.75) is 59.0 Å². The van der Waals surface area contributed by atoms with E-state index >= 15 is 0 Å². The second-order valence-electron chi connectivity index (χ2n) is 4.93. The normalized spacial score (nSPS) is 14.6. The van der Waals surface area contributed by atoms with Crippen LogP contribution >= 0.6 is 0 Å². The van der Waals surface area contributed by atoms with Gasteiger partial charge in [-0.2, -0.15) is 0 Å². The molecule has 1 aromatic heterocycles. The Morgan fingerprint density at radius 1 is 1.29 bits per heavy atom. The third kappa shape index (κ3) is 4.86. The van der Waals surface area contributed by atoms with E-state index in [-0.39, 0.29) is 0 Å². The van der Waals surface area contributed by atoms with Gasteiger partial charge in [-0.15, -0.1) is 0 Å². The Balaban J connectivity index is 2.51. The zero-order valence-electron chi connectivity index (χ0n) is 11.3. The molecule has 96 valence electrons. The summed E-state index contributed by atoms with van der Waals surface area (Å²) in [7, 11) is 0. The average molecular weight is 235 g/mol. The van der Waals surface area contributed by atoms with Gasteiger partial charge >= 0.3 is 0 Å². The van der Waals surface area contributed by atoms with E-state index in [0.717, 1.165) is 24.1 Å². The van der Waals surface area contributed by atoms with Gasteiger partial charge in [0.05, 0.1) is 11.8 Å². The van der Waals surface area contributed by atoms with E-state index in [4.69, 9.17) is 0 Å². The molecule has 1 N–H and O–H groups in total. The first-order valence-corrected chi connectivity index (χ1v) is 6.78. The third-order valence-electron chi connectivity index (χ3n) is 3.38. The lowest BCUT2D eigenvalue weighted by Crippen LogP contribution is -2.08. The van der Waals surface area contributed by atoms with Crippen LogP contribution in [0.25, 0.3) is 0 Å². The number of rotatable bonds is 7. The molecule has 0 aliphatic heterocycles. The largest absolute Gasteiger partial charge is 0.387 e. The summed E-state index contributed by atoms with van der Waals surface area (Å²) in [6, 6.07) is 3.95. The number of unbranched alkanes of at least 4 members (excludes halogenated alkanes) is 1. The standard InChI is InChI=1S/C15H25NO/c1-4-6-7-13(5-2)10-15(17)14-9-8-12(3)11-16-14/h8-9,11,13,15,17H,4-7,10H2,1-3H3. The fourth-order valence-corrected chi connectivity index (χ4v) is 2.09. The highest BCUT2D eigenvalue weighted by molar-refractivity contribution is 5.13. The summed E-state index contributed by atoms with van der Waals surface area (Å²) < 4.78 is 0. The maximum atomic E-state index is 10.1. The van der Waals surface area contributed by atoms with Gasteiger partial charge in [0.25, 0.3) is 0 Å². The number of aliphatic hydroxyl groups is 1. The van der Waals surface area contributed by atoms with Crippen LogP contribution in [0.4, 0.5) is 0 Å². The molecular weight excluding hydrogens is 210 g/mol. The van der Waals surface area contributed by atoms with Gasteiger partial charge in [0.15, 0.2) is 0 Å². The first-order chi connectivity index (χ1) is 8.17. The number of pyridine rings is 1. The summed E-state index contributed by atoms with van der Waals surface area (Å²) in [6.07, 6.45) is 7.11. The molecule has 0 saturated heterocycles. The molecule has 2 nitrogen and oxygen atoms in total. The van der Waals surface area contributed by atoms with Gasteiger partial charge in [-0.1, -0.05) is 45.6 Å². The summed E-state index contributed by atoms with van der Waals surface area (Å²) in [5.41, 5.74) is 1.95. The molecule has 2 heteroatoms. The molecular formula is C15H25NO.